The van der Waals surface area contributed by atoms with Crippen molar-refractivity contribution < 1.29 is 4.74 Å². The van der Waals surface area contributed by atoms with E-state index in [9.17, 15) is 0 Å². The first-order chi connectivity index (χ1) is 10.3. The van der Waals surface area contributed by atoms with Crippen LogP contribution in [0.1, 0.15) is 0 Å². The SMILES string of the molecule is Nc1cncnc1Nc1ccccc1Oc1ccccc1. The van der Waals surface area contributed by atoms with Gasteiger partial charge < -0.3 is 15.8 Å². The minimum Gasteiger partial charge on any atom is -0.455 e. The number of hydrogen-bond donors (Lipinski definition) is 2. The van der Waals surface area contributed by atoms with Gasteiger partial charge in [-0.1, -0.05) is 30.3 Å². The molecular formula is C16H14N4O. The Morgan fingerprint density at radius 1 is 0.952 bits per heavy atom. The van der Waals surface area contributed by atoms with Crippen LogP contribution >= 0.6 is 0 Å². The molecule has 3 aromatic rings. The number of nitrogen functional groups attached to an aromatic ring is 1. The first-order valence-electron chi connectivity index (χ1n) is 6.47. The molecule has 1 aromatic heterocycles. The van der Waals surface area contributed by atoms with Crippen LogP contribution in [0.5, 0.6) is 11.5 Å². The van der Waals surface area contributed by atoms with Gasteiger partial charge in [0.1, 0.15) is 12.1 Å². The Kier molecular flexibility index (Phi) is 3.64. The number of hydrogen-bond acceptors (Lipinski definition) is 5. The standard InChI is InChI=1S/C16H14N4O/c17-13-10-18-11-19-16(13)20-14-8-4-5-9-15(14)21-12-6-2-1-3-7-12/h1-11H,17H2,(H,18,19,20). The van der Waals surface area contributed by atoms with Gasteiger partial charge in [0.2, 0.25) is 0 Å². The molecule has 0 aliphatic carbocycles. The number of nitrogens with two attached hydrogens (primary N) is 1. The third kappa shape index (κ3) is 3.09. The molecule has 0 saturated heterocycles. The van der Waals surface area contributed by atoms with Crippen molar-refractivity contribution in [3.05, 3.63) is 67.1 Å². The number of nitrogens with zero attached hydrogens (tertiary/aromatic N) is 2. The molecule has 3 N–H and O–H groups in total. The molecule has 0 bridgehead atoms. The molecule has 0 fully saturated rings. The molecule has 0 atom stereocenters. The van der Waals surface area contributed by atoms with Crippen molar-refractivity contribution >= 4 is 17.2 Å². The topological polar surface area (TPSA) is 73.1 Å². The number of aromatic nitrogens is 2. The predicted octanol–water partition coefficient (Wildman–Crippen LogP) is 3.59. The molecule has 0 aliphatic rings. The summed E-state index contributed by atoms with van der Waals surface area (Å²) in [5, 5.41) is 3.16. The molecule has 5 nitrogen and oxygen atoms in total. The fourth-order valence-corrected chi connectivity index (χ4v) is 1.85. The van der Waals surface area contributed by atoms with E-state index in [1.807, 2.05) is 54.6 Å². The van der Waals surface area contributed by atoms with E-state index in [1.165, 1.54) is 6.33 Å². The smallest absolute Gasteiger partial charge is 0.157 e. The molecule has 0 saturated carbocycles. The van der Waals surface area contributed by atoms with Gasteiger partial charge >= 0.3 is 0 Å². The zero-order valence-electron chi connectivity index (χ0n) is 11.2. The first kappa shape index (κ1) is 12.9. The van der Waals surface area contributed by atoms with Crippen LogP contribution < -0.4 is 15.8 Å². The fourth-order valence-electron chi connectivity index (χ4n) is 1.85. The lowest BCUT2D eigenvalue weighted by atomic mass is 10.2. The second kappa shape index (κ2) is 5.92. The van der Waals surface area contributed by atoms with E-state index in [0.717, 1.165) is 11.4 Å². The van der Waals surface area contributed by atoms with Gasteiger partial charge in [-0.3, -0.25) is 0 Å². The van der Waals surface area contributed by atoms with Gasteiger partial charge in [0, 0.05) is 0 Å². The van der Waals surface area contributed by atoms with Crippen molar-refractivity contribution in [3.8, 4) is 11.5 Å². The highest BCUT2D eigenvalue weighted by atomic mass is 16.5. The molecule has 0 aliphatic heterocycles. The van der Waals surface area contributed by atoms with Crippen molar-refractivity contribution in [2.75, 3.05) is 11.1 Å². The minimum absolute atomic E-state index is 0.479. The average molecular weight is 278 g/mol. The lowest BCUT2D eigenvalue weighted by molar-refractivity contribution is 0.485. The normalized spacial score (nSPS) is 10.1. The molecule has 0 spiro atoms. The molecule has 0 amide bonds. The summed E-state index contributed by atoms with van der Waals surface area (Å²) in [4.78, 5) is 7.99. The van der Waals surface area contributed by atoms with Crippen LogP contribution in [0.2, 0.25) is 0 Å². The summed E-state index contributed by atoms with van der Waals surface area (Å²) in [5.41, 5.74) is 7.11. The van der Waals surface area contributed by atoms with Gasteiger partial charge in [-0.15, -0.1) is 0 Å². The van der Waals surface area contributed by atoms with Crippen LogP contribution in [0.3, 0.4) is 0 Å². The van der Waals surface area contributed by atoms with Crippen molar-refractivity contribution in [3.63, 3.8) is 0 Å². The average Bonchev–Trinajstić information content (AvgIpc) is 2.52. The Morgan fingerprint density at radius 3 is 2.52 bits per heavy atom. The predicted molar refractivity (Wildman–Crippen MR) is 82.7 cm³/mol. The maximum absolute atomic E-state index is 5.87. The summed E-state index contributed by atoms with van der Waals surface area (Å²) in [5.74, 6) is 2.01. The van der Waals surface area contributed by atoms with Gasteiger partial charge in [0.15, 0.2) is 11.6 Å². The molecule has 0 unspecified atom stereocenters. The van der Waals surface area contributed by atoms with Gasteiger partial charge in [-0.2, -0.15) is 0 Å². The van der Waals surface area contributed by atoms with E-state index in [1.54, 1.807) is 6.20 Å². The summed E-state index contributed by atoms with van der Waals surface area (Å²) in [6.45, 7) is 0. The molecule has 1 heterocycles. The van der Waals surface area contributed by atoms with E-state index in [-0.39, 0.29) is 0 Å². The van der Waals surface area contributed by atoms with E-state index in [0.29, 0.717) is 17.3 Å². The minimum atomic E-state index is 0.479. The lowest BCUT2D eigenvalue weighted by Gasteiger charge is -2.13. The zero-order chi connectivity index (χ0) is 14.5. The molecule has 3 rings (SSSR count). The highest BCUT2D eigenvalue weighted by molar-refractivity contribution is 5.71. The Balaban J connectivity index is 1.88. The van der Waals surface area contributed by atoms with E-state index in [2.05, 4.69) is 15.3 Å². The third-order valence-corrected chi connectivity index (χ3v) is 2.85. The van der Waals surface area contributed by atoms with E-state index >= 15 is 0 Å². The fraction of sp³-hybridized carbons (Fsp3) is 0. The monoisotopic (exact) mass is 278 g/mol. The van der Waals surface area contributed by atoms with Crippen molar-refractivity contribution in [1.29, 1.82) is 0 Å². The second-order valence-corrected chi connectivity index (χ2v) is 4.36. The number of ether oxygens (including phenoxy) is 1. The Bertz CT molecular complexity index is 731. The quantitative estimate of drug-likeness (QED) is 0.763. The first-order valence-corrected chi connectivity index (χ1v) is 6.47. The molecule has 21 heavy (non-hydrogen) atoms. The lowest BCUT2D eigenvalue weighted by Crippen LogP contribution is -2.00. The number of nitrogens with one attached hydrogen (secondary N) is 1. The van der Waals surface area contributed by atoms with Crippen LogP contribution in [0.15, 0.2) is 67.1 Å². The van der Waals surface area contributed by atoms with Gasteiger partial charge in [-0.25, -0.2) is 9.97 Å². The van der Waals surface area contributed by atoms with E-state index < -0.39 is 0 Å². The highest BCUT2D eigenvalue weighted by Crippen LogP contribution is 2.31. The van der Waals surface area contributed by atoms with Crippen molar-refractivity contribution in [2.45, 2.75) is 0 Å². The second-order valence-electron chi connectivity index (χ2n) is 4.36. The molecular weight excluding hydrogens is 264 g/mol. The number of anilines is 3. The Morgan fingerprint density at radius 2 is 1.71 bits per heavy atom. The van der Waals surface area contributed by atoms with Crippen LogP contribution in [-0.2, 0) is 0 Å². The summed E-state index contributed by atoms with van der Waals surface area (Å²) in [6, 6.07) is 17.2. The molecule has 5 heteroatoms. The summed E-state index contributed by atoms with van der Waals surface area (Å²) >= 11 is 0. The highest BCUT2D eigenvalue weighted by Gasteiger charge is 2.07. The van der Waals surface area contributed by atoms with Crippen LogP contribution in [0.4, 0.5) is 17.2 Å². The maximum Gasteiger partial charge on any atom is 0.157 e. The number of para-hydroxylation sites is 3. The molecule has 0 radical (unpaired) electrons. The third-order valence-electron chi connectivity index (χ3n) is 2.85. The van der Waals surface area contributed by atoms with Crippen molar-refractivity contribution in [2.24, 2.45) is 0 Å². The number of rotatable bonds is 4. The summed E-state index contributed by atoms with van der Waals surface area (Å²) < 4.78 is 5.87. The van der Waals surface area contributed by atoms with Gasteiger partial charge in [0.05, 0.1) is 17.6 Å². The zero-order valence-corrected chi connectivity index (χ0v) is 11.2. The van der Waals surface area contributed by atoms with Gasteiger partial charge in [-0.05, 0) is 24.3 Å². The summed E-state index contributed by atoms with van der Waals surface area (Å²) in [6.07, 6.45) is 3.00. The van der Waals surface area contributed by atoms with Crippen LogP contribution in [-0.4, -0.2) is 9.97 Å². The Labute approximate surface area is 122 Å². The molecule has 2 aromatic carbocycles. The Hall–Kier alpha value is -3.08. The van der Waals surface area contributed by atoms with Gasteiger partial charge in [0.25, 0.3) is 0 Å². The van der Waals surface area contributed by atoms with Crippen LogP contribution in [0, 0.1) is 0 Å². The van der Waals surface area contributed by atoms with Crippen LogP contribution in [0.25, 0.3) is 0 Å². The maximum atomic E-state index is 5.87. The van der Waals surface area contributed by atoms with E-state index in [4.69, 9.17) is 10.5 Å². The summed E-state index contributed by atoms with van der Waals surface area (Å²) in [7, 11) is 0. The number of benzene rings is 2. The van der Waals surface area contributed by atoms with Crippen molar-refractivity contribution in [1.82, 2.24) is 9.97 Å². The largest absolute Gasteiger partial charge is 0.455 e. The molecule has 104 valence electrons.